The van der Waals surface area contributed by atoms with Crippen LogP contribution >= 0.6 is 11.8 Å². The Morgan fingerprint density at radius 1 is 1.25 bits per heavy atom. The van der Waals surface area contributed by atoms with Crippen LogP contribution in [0.3, 0.4) is 0 Å². The summed E-state index contributed by atoms with van der Waals surface area (Å²) in [6.07, 6.45) is 0. The Hall–Kier alpha value is -2.15. The summed E-state index contributed by atoms with van der Waals surface area (Å²) in [6.45, 7) is 3.40. The number of carboxylic acid groups (broad SMARTS) is 1. The van der Waals surface area contributed by atoms with Crippen LogP contribution in [0.4, 0.5) is 0 Å². The van der Waals surface area contributed by atoms with Crippen molar-refractivity contribution in [2.75, 3.05) is 0 Å². The number of benzene rings is 1. The molecule has 0 radical (unpaired) electrons. The fourth-order valence-electron chi connectivity index (χ4n) is 3.45. The average molecular weight is 429 g/mol. The lowest BCUT2D eigenvalue weighted by Gasteiger charge is -2.43. The predicted molar refractivity (Wildman–Crippen MR) is 99.5 cm³/mol. The van der Waals surface area contributed by atoms with Crippen LogP contribution in [0.25, 0.3) is 0 Å². The minimum Gasteiger partial charge on any atom is -0.480 e. The van der Waals surface area contributed by atoms with E-state index in [0.717, 1.165) is 0 Å². The zero-order valence-corrected chi connectivity index (χ0v) is 16.5. The van der Waals surface area contributed by atoms with Crippen molar-refractivity contribution < 1.29 is 32.5 Å². The fraction of sp³-hybridized carbons (Fsp3) is 0.438. The van der Waals surface area contributed by atoms with Crippen molar-refractivity contribution in [3.8, 4) is 0 Å². The van der Waals surface area contributed by atoms with Crippen LogP contribution in [0.5, 0.6) is 0 Å². The highest BCUT2D eigenvalue weighted by atomic mass is 32.2. The lowest BCUT2D eigenvalue weighted by atomic mass is 9.95. The van der Waals surface area contributed by atoms with Crippen LogP contribution in [0.2, 0.25) is 0 Å². The Morgan fingerprint density at radius 3 is 2.39 bits per heavy atom. The highest BCUT2D eigenvalue weighted by Gasteiger charge is 2.64. The molecule has 2 fully saturated rings. The van der Waals surface area contributed by atoms with Crippen molar-refractivity contribution in [3.05, 3.63) is 35.9 Å². The number of hydrogen-bond donors (Lipinski definition) is 4. The number of thioether (sulfide) groups is 1. The molecule has 2 unspecified atom stereocenters. The van der Waals surface area contributed by atoms with E-state index in [4.69, 9.17) is 4.55 Å². The quantitative estimate of drug-likeness (QED) is 0.357. The third-order valence-corrected chi connectivity index (χ3v) is 6.74. The molecular weight excluding hydrogens is 410 g/mol. The molecule has 1 aromatic carbocycles. The third kappa shape index (κ3) is 3.72. The Morgan fingerprint density at radius 2 is 1.86 bits per heavy atom. The summed E-state index contributed by atoms with van der Waals surface area (Å²) in [5.41, 5.74) is 0.268. The monoisotopic (exact) mass is 429 g/mol. The number of aliphatic carboxylic acids is 1. The molecule has 12 heteroatoms. The summed E-state index contributed by atoms with van der Waals surface area (Å²) < 4.78 is 32.7. The maximum Gasteiger partial charge on any atom is 0.334 e. The molecule has 4 N–H and O–H groups in total. The standard InChI is InChI=1S/C16H19N3O7S2/c1-16(2)11(15(22)23)19-13(21)10(14(19)27-16)17-12(20)9(18-28(24,25)26)8-6-4-3-5-7-8/h3-7,9-11,14,18H,1-2H3,(H,17,20)(H,22,23)(H,24,25,26)/t9?,10?,11-,14+/m0/s1. The van der Waals surface area contributed by atoms with E-state index < -0.39 is 56.3 Å². The van der Waals surface area contributed by atoms with Crippen molar-refractivity contribution >= 4 is 39.8 Å². The maximum atomic E-state index is 12.7. The topological polar surface area (TPSA) is 153 Å². The zero-order valence-electron chi connectivity index (χ0n) is 14.9. The Labute approximate surface area is 165 Å². The van der Waals surface area contributed by atoms with Gasteiger partial charge in [0.1, 0.15) is 23.5 Å². The van der Waals surface area contributed by atoms with Gasteiger partial charge in [-0.2, -0.15) is 13.1 Å². The number of nitrogens with one attached hydrogen (secondary N) is 2. The summed E-state index contributed by atoms with van der Waals surface area (Å²) in [5, 5.41) is 11.3. The second kappa shape index (κ2) is 7.03. The van der Waals surface area contributed by atoms with Gasteiger partial charge in [0.15, 0.2) is 0 Å². The van der Waals surface area contributed by atoms with E-state index in [-0.39, 0.29) is 5.56 Å². The summed E-state index contributed by atoms with van der Waals surface area (Å²) in [7, 11) is -4.70. The molecule has 0 spiro atoms. The van der Waals surface area contributed by atoms with E-state index in [0.29, 0.717) is 0 Å². The van der Waals surface area contributed by atoms with E-state index in [1.807, 2.05) is 4.72 Å². The number of rotatable bonds is 6. The minimum atomic E-state index is -4.70. The Balaban J connectivity index is 1.80. The van der Waals surface area contributed by atoms with Gasteiger partial charge in [0.05, 0.1) is 0 Å². The maximum absolute atomic E-state index is 12.7. The molecule has 1 aromatic rings. The highest BCUT2D eigenvalue weighted by molar-refractivity contribution is 8.01. The number of carbonyl (C=O) groups is 3. The molecule has 2 aliphatic heterocycles. The second-order valence-corrected chi connectivity index (χ2v) is 9.98. The van der Waals surface area contributed by atoms with Gasteiger partial charge in [-0.05, 0) is 19.4 Å². The van der Waals surface area contributed by atoms with Gasteiger partial charge in [0, 0.05) is 4.75 Å². The molecule has 10 nitrogen and oxygen atoms in total. The van der Waals surface area contributed by atoms with E-state index in [1.54, 1.807) is 32.0 Å². The molecule has 0 saturated carbocycles. The first-order valence-corrected chi connectivity index (χ1v) is 10.6. The fourth-order valence-corrected chi connectivity index (χ4v) is 5.62. The van der Waals surface area contributed by atoms with Gasteiger partial charge in [-0.25, -0.2) is 4.79 Å². The lowest BCUT2D eigenvalue weighted by Crippen LogP contribution is -2.71. The number of hydrogen-bond acceptors (Lipinski definition) is 6. The SMILES string of the molecule is CC1(C)S[C@@H]2C(NC(=O)C(NS(=O)(=O)O)c3ccccc3)C(=O)N2[C@H]1C(=O)O. The molecule has 2 aliphatic rings. The molecule has 0 aliphatic carbocycles. The summed E-state index contributed by atoms with van der Waals surface area (Å²) >= 11 is 1.25. The second-order valence-electron chi connectivity index (χ2n) is 7.02. The van der Waals surface area contributed by atoms with Gasteiger partial charge in [-0.15, -0.1) is 11.8 Å². The van der Waals surface area contributed by atoms with Crippen molar-refractivity contribution in [1.29, 1.82) is 0 Å². The van der Waals surface area contributed by atoms with Crippen molar-refractivity contribution in [3.63, 3.8) is 0 Å². The molecule has 0 bridgehead atoms. The van der Waals surface area contributed by atoms with E-state index >= 15 is 0 Å². The summed E-state index contributed by atoms with van der Waals surface area (Å²) in [5.74, 6) is -2.52. The molecule has 28 heavy (non-hydrogen) atoms. The molecule has 2 saturated heterocycles. The normalized spacial score (nSPS) is 26.9. The van der Waals surface area contributed by atoms with Gasteiger partial charge in [-0.3, -0.25) is 14.1 Å². The van der Waals surface area contributed by atoms with Gasteiger partial charge < -0.3 is 15.3 Å². The number of carboxylic acids is 1. The van der Waals surface area contributed by atoms with Crippen LogP contribution in [-0.4, -0.2) is 63.0 Å². The number of β-lactam (4-membered cyclic amide) rings is 1. The Kier molecular flexibility index (Phi) is 5.17. The first-order chi connectivity index (χ1) is 12.9. The summed E-state index contributed by atoms with van der Waals surface area (Å²) in [6, 6.07) is 4.36. The van der Waals surface area contributed by atoms with Gasteiger partial charge in [0.25, 0.3) is 0 Å². The number of amides is 2. The van der Waals surface area contributed by atoms with Crippen molar-refractivity contribution in [2.24, 2.45) is 0 Å². The van der Waals surface area contributed by atoms with Gasteiger partial charge in [-0.1, -0.05) is 30.3 Å². The predicted octanol–water partition coefficient (Wildman–Crippen LogP) is -0.248. The van der Waals surface area contributed by atoms with Crippen molar-refractivity contribution in [2.45, 2.75) is 42.1 Å². The van der Waals surface area contributed by atoms with Crippen LogP contribution in [0, 0.1) is 0 Å². The van der Waals surface area contributed by atoms with E-state index in [2.05, 4.69) is 5.32 Å². The minimum absolute atomic E-state index is 0.268. The third-order valence-electron chi connectivity index (χ3n) is 4.63. The molecule has 4 atom stereocenters. The molecule has 2 heterocycles. The molecular formula is C16H19N3O7S2. The highest BCUT2D eigenvalue weighted by Crippen LogP contribution is 2.50. The summed E-state index contributed by atoms with van der Waals surface area (Å²) in [4.78, 5) is 37.9. The molecule has 0 aromatic heterocycles. The lowest BCUT2D eigenvalue weighted by molar-refractivity contribution is -0.161. The van der Waals surface area contributed by atoms with Crippen molar-refractivity contribution in [1.82, 2.24) is 14.9 Å². The van der Waals surface area contributed by atoms with Crippen LogP contribution in [0.15, 0.2) is 30.3 Å². The first kappa shape index (κ1) is 20.6. The Bertz CT molecular complexity index is 919. The van der Waals surface area contributed by atoms with Crippen LogP contribution < -0.4 is 10.0 Å². The number of carbonyl (C=O) groups excluding carboxylic acids is 2. The van der Waals surface area contributed by atoms with Gasteiger partial charge >= 0.3 is 16.3 Å². The average Bonchev–Trinajstić information content (AvgIpc) is 2.85. The molecule has 3 rings (SSSR count). The van der Waals surface area contributed by atoms with E-state index in [1.165, 1.54) is 28.8 Å². The largest absolute Gasteiger partial charge is 0.480 e. The number of nitrogens with zero attached hydrogens (tertiary/aromatic N) is 1. The smallest absolute Gasteiger partial charge is 0.334 e. The number of fused-ring (bicyclic) bond motifs is 1. The van der Waals surface area contributed by atoms with E-state index in [9.17, 15) is 27.9 Å². The van der Waals surface area contributed by atoms with Crippen LogP contribution in [0.1, 0.15) is 25.5 Å². The first-order valence-electron chi connectivity index (χ1n) is 8.25. The van der Waals surface area contributed by atoms with Gasteiger partial charge in [0.2, 0.25) is 11.8 Å². The molecule has 152 valence electrons. The zero-order chi connectivity index (χ0) is 20.9. The van der Waals surface area contributed by atoms with Crippen LogP contribution in [-0.2, 0) is 24.7 Å². The molecule has 2 amide bonds.